The van der Waals surface area contributed by atoms with Crippen LogP contribution < -0.4 is 10.1 Å². The van der Waals surface area contributed by atoms with Gasteiger partial charge in [-0.3, -0.25) is 9.69 Å². The van der Waals surface area contributed by atoms with Crippen molar-refractivity contribution in [3.8, 4) is 5.75 Å². The smallest absolute Gasteiger partial charge is 0.341 e. The highest BCUT2D eigenvalue weighted by atomic mass is 32.1. The van der Waals surface area contributed by atoms with E-state index in [0.717, 1.165) is 42.9 Å². The average molecular weight is 406 g/mol. The minimum Gasteiger partial charge on any atom is -0.484 e. The third-order valence-electron chi connectivity index (χ3n) is 4.50. The van der Waals surface area contributed by atoms with Crippen LogP contribution in [0.4, 0.5) is 9.39 Å². The van der Waals surface area contributed by atoms with Crippen LogP contribution in [0.15, 0.2) is 24.3 Å². The van der Waals surface area contributed by atoms with Crippen LogP contribution in [0.2, 0.25) is 0 Å². The summed E-state index contributed by atoms with van der Waals surface area (Å²) in [5, 5.41) is 3.26. The number of ether oxygens (including phenoxy) is 2. The molecule has 0 atom stereocenters. The van der Waals surface area contributed by atoms with Gasteiger partial charge in [0.25, 0.3) is 5.91 Å². The van der Waals surface area contributed by atoms with Crippen molar-refractivity contribution in [3.63, 3.8) is 0 Å². The molecule has 150 valence electrons. The molecule has 1 aliphatic heterocycles. The van der Waals surface area contributed by atoms with E-state index in [4.69, 9.17) is 9.47 Å². The summed E-state index contributed by atoms with van der Waals surface area (Å²) in [6, 6.07) is 5.43. The first-order chi connectivity index (χ1) is 13.5. The Bertz CT molecular complexity index is 851. The lowest BCUT2D eigenvalue weighted by Gasteiger charge is -2.26. The van der Waals surface area contributed by atoms with Crippen LogP contribution in [0.25, 0.3) is 0 Å². The number of anilines is 1. The summed E-state index contributed by atoms with van der Waals surface area (Å²) >= 11 is 1.41. The van der Waals surface area contributed by atoms with Crippen LogP contribution >= 0.6 is 11.3 Å². The number of nitrogens with one attached hydrogen (secondary N) is 1. The Morgan fingerprint density at radius 2 is 2.04 bits per heavy atom. The maximum atomic E-state index is 12.9. The zero-order valence-electron chi connectivity index (χ0n) is 15.9. The van der Waals surface area contributed by atoms with E-state index in [2.05, 4.69) is 17.1 Å². The van der Waals surface area contributed by atoms with Crippen LogP contribution in [-0.4, -0.2) is 43.6 Å². The molecule has 0 unspecified atom stereocenters. The lowest BCUT2D eigenvalue weighted by atomic mass is 10.0. The highest BCUT2D eigenvalue weighted by Crippen LogP contribution is 2.37. The molecule has 0 saturated carbocycles. The average Bonchev–Trinajstić information content (AvgIpc) is 3.04. The lowest BCUT2D eigenvalue weighted by molar-refractivity contribution is -0.118. The summed E-state index contributed by atoms with van der Waals surface area (Å²) in [5.41, 5.74) is 1.40. The van der Waals surface area contributed by atoms with E-state index in [1.807, 2.05) is 0 Å². The molecule has 8 heteroatoms. The van der Waals surface area contributed by atoms with E-state index in [-0.39, 0.29) is 12.4 Å². The lowest BCUT2D eigenvalue weighted by Crippen LogP contribution is -2.30. The molecule has 0 bridgehead atoms. The van der Waals surface area contributed by atoms with Crippen LogP contribution in [0.1, 0.15) is 34.1 Å². The van der Waals surface area contributed by atoms with E-state index in [9.17, 15) is 14.0 Å². The maximum absolute atomic E-state index is 12.9. The molecule has 0 fully saturated rings. The van der Waals surface area contributed by atoms with Crippen LogP contribution in [0.5, 0.6) is 5.75 Å². The van der Waals surface area contributed by atoms with Crippen molar-refractivity contribution in [1.29, 1.82) is 0 Å². The first kappa shape index (κ1) is 20.3. The Balaban J connectivity index is 1.72. The van der Waals surface area contributed by atoms with Gasteiger partial charge in [0.1, 0.15) is 16.6 Å². The second-order valence-electron chi connectivity index (χ2n) is 6.52. The van der Waals surface area contributed by atoms with Gasteiger partial charge in [-0.15, -0.1) is 11.3 Å². The molecule has 1 N–H and O–H groups in total. The highest BCUT2D eigenvalue weighted by Gasteiger charge is 2.29. The zero-order valence-corrected chi connectivity index (χ0v) is 16.7. The van der Waals surface area contributed by atoms with Crippen molar-refractivity contribution in [3.05, 3.63) is 46.1 Å². The second-order valence-corrected chi connectivity index (χ2v) is 7.62. The number of methoxy groups -OCH3 is 1. The molecule has 0 saturated heterocycles. The Morgan fingerprint density at radius 1 is 1.29 bits per heavy atom. The van der Waals surface area contributed by atoms with Crippen molar-refractivity contribution < 1.29 is 23.5 Å². The summed E-state index contributed by atoms with van der Waals surface area (Å²) in [6.07, 6.45) is 1.81. The molecule has 0 radical (unpaired) electrons. The summed E-state index contributed by atoms with van der Waals surface area (Å²) in [7, 11) is 1.34. The van der Waals surface area contributed by atoms with Crippen LogP contribution in [-0.2, 0) is 22.5 Å². The molecular weight excluding hydrogens is 383 g/mol. The molecule has 28 heavy (non-hydrogen) atoms. The summed E-state index contributed by atoms with van der Waals surface area (Å²) in [4.78, 5) is 28.1. The van der Waals surface area contributed by atoms with Gasteiger partial charge in [0, 0.05) is 18.0 Å². The van der Waals surface area contributed by atoms with Crippen molar-refractivity contribution in [1.82, 2.24) is 4.90 Å². The minimum atomic E-state index is -0.448. The van der Waals surface area contributed by atoms with Gasteiger partial charge in [-0.1, -0.05) is 6.92 Å². The van der Waals surface area contributed by atoms with Crippen LogP contribution in [0, 0.1) is 5.82 Å². The number of halogens is 1. The van der Waals surface area contributed by atoms with Gasteiger partial charge >= 0.3 is 5.97 Å². The summed E-state index contributed by atoms with van der Waals surface area (Å²) < 4.78 is 23.2. The van der Waals surface area contributed by atoms with Gasteiger partial charge in [0.2, 0.25) is 0 Å². The first-order valence-electron chi connectivity index (χ1n) is 9.15. The quantitative estimate of drug-likeness (QED) is 0.714. The summed E-state index contributed by atoms with van der Waals surface area (Å²) in [6.45, 7) is 4.54. The van der Waals surface area contributed by atoms with Crippen molar-refractivity contribution in [2.45, 2.75) is 26.3 Å². The predicted octanol–water partition coefficient (Wildman–Crippen LogP) is 3.46. The van der Waals surface area contributed by atoms with Gasteiger partial charge in [0.15, 0.2) is 6.61 Å². The Kier molecular flexibility index (Phi) is 6.64. The fourth-order valence-electron chi connectivity index (χ4n) is 3.21. The second kappa shape index (κ2) is 9.16. The molecule has 1 aromatic heterocycles. The van der Waals surface area contributed by atoms with Gasteiger partial charge in [0.05, 0.1) is 12.7 Å². The third-order valence-corrected chi connectivity index (χ3v) is 5.63. The normalized spacial score (nSPS) is 13.7. The molecule has 2 aromatic rings. The minimum absolute atomic E-state index is 0.239. The van der Waals surface area contributed by atoms with Crippen molar-refractivity contribution >= 4 is 28.2 Å². The summed E-state index contributed by atoms with van der Waals surface area (Å²) in [5.74, 6) is -0.819. The number of amides is 1. The zero-order chi connectivity index (χ0) is 20.1. The van der Waals surface area contributed by atoms with Gasteiger partial charge in [-0.25, -0.2) is 9.18 Å². The van der Waals surface area contributed by atoms with E-state index >= 15 is 0 Å². The number of benzene rings is 1. The SMILES string of the molecule is CCCN1CCc2c(sc(NC(=O)COc3ccc(F)cc3)c2C(=O)OC)C1. The maximum Gasteiger partial charge on any atom is 0.341 e. The fraction of sp³-hybridized carbons (Fsp3) is 0.400. The molecular formula is C20H23FN2O4S. The number of thiophene rings is 1. The van der Waals surface area contributed by atoms with Crippen molar-refractivity contribution in [2.24, 2.45) is 0 Å². The molecule has 0 aliphatic carbocycles. The number of fused-ring (bicyclic) bond motifs is 1. The van der Waals surface area contributed by atoms with E-state index < -0.39 is 11.9 Å². The Morgan fingerprint density at radius 3 is 2.71 bits per heavy atom. The number of carbonyl (C=O) groups is 2. The van der Waals surface area contributed by atoms with E-state index in [1.165, 1.54) is 42.7 Å². The van der Waals surface area contributed by atoms with Gasteiger partial charge < -0.3 is 14.8 Å². The molecule has 2 heterocycles. The Hall–Kier alpha value is -2.45. The van der Waals surface area contributed by atoms with Crippen molar-refractivity contribution in [2.75, 3.05) is 32.1 Å². The molecule has 1 aromatic carbocycles. The predicted molar refractivity (Wildman–Crippen MR) is 105 cm³/mol. The van der Waals surface area contributed by atoms with E-state index in [0.29, 0.717) is 16.3 Å². The standard InChI is InChI=1S/C20H23FN2O4S/c1-3-9-23-10-8-15-16(11-23)28-19(18(15)20(25)26-2)22-17(24)12-27-14-6-4-13(21)5-7-14/h4-7H,3,8-12H2,1-2H3,(H,22,24). The van der Waals surface area contributed by atoms with Gasteiger partial charge in [-0.05, 0) is 49.2 Å². The fourth-order valence-corrected chi connectivity index (χ4v) is 4.51. The molecule has 6 nitrogen and oxygen atoms in total. The number of nitrogens with zero attached hydrogens (tertiary/aromatic N) is 1. The molecule has 3 rings (SSSR count). The number of carbonyl (C=O) groups excluding carboxylic acids is 2. The number of hydrogen-bond donors (Lipinski definition) is 1. The number of rotatable bonds is 7. The number of hydrogen-bond acceptors (Lipinski definition) is 6. The molecule has 1 amide bonds. The topological polar surface area (TPSA) is 67.9 Å². The van der Waals surface area contributed by atoms with Crippen LogP contribution in [0.3, 0.4) is 0 Å². The number of esters is 1. The third kappa shape index (κ3) is 4.69. The van der Waals surface area contributed by atoms with Gasteiger partial charge in [-0.2, -0.15) is 0 Å². The molecule has 1 aliphatic rings. The molecule has 0 spiro atoms. The Labute approximate surface area is 167 Å². The monoisotopic (exact) mass is 406 g/mol. The first-order valence-corrected chi connectivity index (χ1v) is 9.96. The largest absolute Gasteiger partial charge is 0.484 e. The van der Waals surface area contributed by atoms with E-state index in [1.54, 1.807) is 0 Å². The highest BCUT2D eigenvalue weighted by molar-refractivity contribution is 7.17.